The van der Waals surface area contributed by atoms with E-state index >= 15 is 0 Å². The highest BCUT2D eigenvalue weighted by molar-refractivity contribution is 6.01. The molecule has 1 fully saturated rings. The zero-order valence-corrected chi connectivity index (χ0v) is 10.9. The van der Waals surface area contributed by atoms with Crippen LogP contribution in [0.15, 0.2) is 29.4 Å². The van der Waals surface area contributed by atoms with Crippen molar-refractivity contribution >= 4 is 12.1 Å². The fraction of sp³-hybridized carbons (Fsp3) is 0.467. The minimum Gasteiger partial charge on any atom is -0.277 e. The summed E-state index contributed by atoms with van der Waals surface area (Å²) in [6.07, 6.45) is 6.81. The summed E-state index contributed by atoms with van der Waals surface area (Å²) in [5.41, 5.74) is 5.78. The zero-order valence-electron chi connectivity index (χ0n) is 10.9. The predicted molar refractivity (Wildman–Crippen MR) is 73.5 cm³/mol. The minimum atomic E-state index is 0.627. The van der Waals surface area contributed by atoms with Crippen molar-refractivity contribution in [2.45, 2.75) is 39.0 Å². The van der Waals surface area contributed by atoms with Crippen molar-refractivity contribution in [1.29, 1.82) is 0 Å². The number of carbonyl (C=O) groups is 1. The van der Waals surface area contributed by atoms with Gasteiger partial charge in [0.1, 0.15) is 0 Å². The molecule has 3 heteroatoms. The number of nitrogens with one attached hydrogen (secondary N) is 1. The van der Waals surface area contributed by atoms with Gasteiger partial charge >= 0.3 is 0 Å². The molecule has 0 aromatic heterocycles. The van der Waals surface area contributed by atoms with Crippen molar-refractivity contribution in [2.24, 2.45) is 11.0 Å². The van der Waals surface area contributed by atoms with Crippen LogP contribution in [-0.2, 0) is 4.79 Å². The van der Waals surface area contributed by atoms with Gasteiger partial charge in [0.25, 0.3) is 0 Å². The summed E-state index contributed by atoms with van der Waals surface area (Å²) in [4.78, 5) is 10.4. The van der Waals surface area contributed by atoms with Gasteiger partial charge in [0, 0.05) is 5.56 Å². The Bertz CT molecular complexity index is 436. The van der Waals surface area contributed by atoms with Crippen LogP contribution >= 0.6 is 0 Å². The van der Waals surface area contributed by atoms with E-state index < -0.39 is 0 Å². The molecule has 0 atom stereocenters. The summed E-state index contributed by atoms with van der Waals surface area (Å²) >= 11 is 0. The van der Waals surface area contributed by atoms with E-state index in [0.717, 1.165) is 23.6 Å². The number of nitrogens with zero attached hydrogens (tertiary/aromatic N) is 1. The molecular weight excluding hydrogens is 224 g/mol. The second-order valence-electron chi connectivity index (χ2n) is 4.96. The molecule has 0 unspecified atom stereocenters. The number of benzene rings is 1. The molecule has 0 heterocycles. The quantitative estimate of drug-likeness (QED) is 0.466. The fourth-order valence-corrected chi connectivity index (χ4v) is 2.37. The van der Waals surface area contributed by atoms with Crippen LogP contribution in [-0.4, -0.2) is 12.1 Å². The third-order valence-corrected chi connectivity index (χ3v) is 3.72. The highest BCUT2D eigenvalue weighted by Crippen LogP contribution is 2.31. The summed E-state index contributed by atoms with van der Waals surface area (Å²) in [5.74, 6) is 0.857. The predicted octanol–water partition coefficient (Wildman–Crippen LogP) is 3.03. The van der Waals surface area contributed by atoms with Gasteiger partial charge in [0.15, 0.2) is 0 Å². The molecule has 1 aromatic carbocycles. The Morgan fingerprint density at radius 2 is 2.22 bits per heavy atom. The van der Waals surface area contributed by atoms with Gasteiger partial charge in [-0.05, 0) is 31.2 Å². The summed E-state index contributed by atoms with van der Waals surface area (Å²) in [6.45, 7) is 2.08. The number of amides is 1. The van der Waals surface area contributed by atoms with Crippen molar-refractivity contribution in [3.05, 3.63) is 35.4 Å². The maximum absolute atomic E-state index is 10.4. The van der Waals surface area contributed by atoms with Gasteiger partial charge in [0.05, 0.1) is 5.71 Å². The summed E-state index contributed by atoms with van der Waals surface area (Å²) < 4.78 is 0. The third-order valence-electron chi connectivity index (χ3n) is 3.72. The molecule has 0 saturated heterocycles. The highest BCUT2D eigenvalue weighted by Gasteiger charge is 2.18. The Balaban J connectivity index is 2.08. The van der Waals surface area contributed by atoms with Gasteiger partial charge in [-0.2, -0.15) is 5.10 Å². The molecule has 1 aromatic rings. The Kier molecular flexibility index (Phi) is 4.51. The summed E-state index contributed by atoms with van der Waals surface area (Å²) in [7, 11) is 0. The largest absolute Gasteiger partial charge is 0.277 e. The van der Waals surface area contributed by atoms with E-state index in [1.165, 1.54) is 31.2 Å². The fourth-order valence-electron chi connectivity index (χ4n) is 2.37. The van der Waals surface area contributed by atoms with Gasteiger partial charge in [0.2, 0.25) is 6.41 Å². The van der Waals surface area contributed by atoms with Gasteiger partial charge < -0.3 is 0 Å². The number of rotatable bonds is 6. The molecule has 3 nitrogen and oxygen atoms in total. The lowest BCUT2D eigenvalue weighted by molar-refractivity contribution is -0.109. The van der Waals surface area contributed by atoms with Crippen LogP contribution in [0, 0.1) is 12.8 Å². The molecule has 0 radical (unpaired) electrons. The molecule has 1 aliphatic rings. The van der Waals surface area contributed by atoms with Gasteiger partial charge in [-0.1, -0.05) is 43.5 Å². The number of hydrazone groups is 1. The van der Waals surface area contributed by atoms with E-state index in [1.54, 1.807) is 0 Å². The first-order valence-electron chi connectivity index (χ1n) is 6.63. The standard InChI is InChI=1S/C15H20N2O/c1-12-5-2-3-8-14(12)15(17-16-11-18)10-9-13-6-4-7-13/h2-3,5,8,11,13H,4,6-7,9-10H2,1H3,(H,16,18)/b17-15-. The van der Waals surface area contributed by atoms with Crippen molar-refractivity contribution in [3.8, 4) is 0 Å². The van der Waals surface area contributed by atoms with Crippen molar-refractivity contribution in [2.75, 3.05) is 0 Å². The lowest BCUT2D eigenvalue weighted by Gasteiger charge is -2.25. The SMILES string of the molecule is Cc1ccccc1/C(CCC1CCC1)=N\NC=O. The molecule has 0 aliphatic heterocycles. The van der Waals surface area contributed by atoms with Crippen LogP contribution in [0.25, 0.3) is 0 Å². The molecular formula is C15H20N2O. The van der Waals surface area contributed by atoms with Crippen molar-refractivity contribution in [1.82, 2.24) is 5.43 Å². The van der Waals surface area contributed by atoms with E-state index in [0.29, 0.717) is 6.41 Å². The lowest BCUT2D eigenvalue weighted by atomic mass is 9.81. The second-order valence-corrected chi connectivity index (χ2v) is 4.96. The van der Waals surface area contributed by atoms with E-state index in [4.69, 9.17) is 0 Å². The molecule has 18 heavy (non-hydrogen) atoms. The van der Waals surface area contributed by atoms with E-state index in [-0.39, 0.29) is 0 Å². The van der Waals surface area contributed by atoms with E-state index in [1.807, 2.05) is 12.1 Å². The second kappa shape index (κ2) is 6.34. The number of hydrogen-bond acceptors (Lipinski definition) is 2. The molecule has 96 valence electrons. The highest BCUT2D eigenvalue weighted by atomic mass is 16.1. The zero-order chi connectivity index (χ0) is 12.8. The van der Waals surface area contributed by atoms with Crippen LogP contribution in [0.4, 0.5) is 0 Å². The summed E-state index contributed by atoms with van der Waals surface area (Å²) in [6, 6.07) is 8.19. The molecule has 1 N–H and O–H groups in total. The first kappa shape index (κ1) is 12.8. The van der Waals surface area contributed by atoms with Gasteiger partial charge in [-0.15, -0.1) is 0 Å². The third kappa shape index (κ3) is 3.19. The van der Waals surface area contributed by atoms with Gasteiger partial charge in [-0.25, -0.2) is 5.43 Å². The van der Waals surface area contributed by atoms with Crippen LogP contribution in [0.3, 0.4) is 0 Å². The Morgan fingerprint density at radius 1 is 1.44 bits per heavy atom. The maximum Gasteiger partial charge on any atom is 0.227 e. The van der Waals surface area contributed by atoms with Crippen LogP contribution in [0.1, 0.15) is 43.2 Å². The lowest BCUT2D eigenvalue weighted by Crippen LogP contribution is -2.16. The smallest absolute Gasteiger partial charge is 0.227 e. The van der Waals surface area contributed by atoms with Crippen LogP contribution in [0.5, 0.6) is 0 Å². The minimum absolute atomic E-state index is 0.627. The first-order chi connectivity index (χ1) is 8.81. The van der Waals surface area contributed by atoms with Crippen LogP contribution in [0.2, 0.25) is 0 Å². The number of carbonyl (C=O) groups excluding carboxylic acids is 1. The Labute approximate surface area is 108 Å². The maximum atomic E-state index is 10.4. The summed E-state index contributed by atoms with van der Waals surface area (Å²) in [5, 5.41) is 4.20. The van der Waals surface area contributed by atoms with E-state index in [9.17, 15) is 4.79 Å². The van der Waals surface area contributed by atoms with Gasteiger partial charge in [-0.3, -0.25) is 4.79 Å². The molecule has 2 rings (SSSR count). The Morgan fingerprint density at radius 3 is 2.83 bits per heavy atom. The monoisotopic (exact) mass is 244 g/mol. The topological polar surface area (TPSA) is 41.5 Å². The number of aryl methyl sites for hydroxylation is 1. The molecule has 1 saturated carbocycles. The average Bonchev–Trinajstić information content (AvgIpc) is 2.32. The average molecular weight is 244 g/mol. The van der Waals surface area contributed by atoms with E-state index in [2.05, 4.69) is 29.6 Å². The van der Waals surface area contributed by atoms with Crippen LogP contribution < -0.4 is 5.43 Å². The number of hydrogen-bond donors (Lipinski definition) is 1. The van der Waals surface area contributed by atoms with Crippen molar-refractivity contribution in [3.63, 3.8) is 0 Å². The normalized spacial score (nSPS) is 16.2. The molecule has 1 aliphatic carbocycles. The molecule has 0 spiro atoms. The Hall–Kier alpha value is -1.64. The molecule has 0 bridgehead atoms. The first-order valence-corrected chi connectivity index (χ1v) is 6.63. The molecule has 1 amide bonds. The van der Waals surface area contributed by atoms with Crippen molar-refractivity contribution < 1.29 is 4.79 Å².